The molecule has 0 saturated carbocycles. The molecule has 0 aliphatic carbocycles. The average molecular weight is 1250 g/mol. The van der Waals surface area contributed by atoms with E-state index in [2.05, 4.69) is 234 Å². The van der Waals surface area contributed by atoms with E-state index in [-0.39, 0.29) is 0 Å². The summed E-state index contributed by atoms with van der Waals surface area (Å²) in [6, 6.07) is 120. The molecule has 0 N–H and O–H groups in total. The number of aromatic nitrogens is 5. The summed E-state index contributed by atoms with van der Waals surface area (Å²) in [6.07, 6.45) is 0. The monoisotopic (exact) mass is 1250 g/mol. The number of nitrogens with zero attached hydrogens (tertiary/aromatic N) is 8. The van der Waals surface area contributed by atoms with Crippen LogP contribution < -0.4 is 0 Å². The van der Waals surface area contributed by atoms with Crippen molar-refractivity contribution < 1.29 is 0 Å². The van der Waals surface area contributed by atoms with Crippen LogP contribution in [-0.2, 0) is 0 Å². The summed E-state index contributed by atoms with van der Waals surface area (Å²) in [5.74, 6) is 1.30. The smallest absolute Gasteiger partial charge is 0.164 e. The third-order valence-electron chi connectivity index (χ3n) is 18.7. The number of rotatable bonds is 12. The lowest BCUT2D eigenvalue weighted by atomic mass is 9.96. The van der Waals surface area contributed by atoms with Crippen LogP contribution in [0.3, 0.4) is 0 Å². The highest BCUT2D eigenvalue weighted by Crippen LogP contribution is 2.45. The molecular weight excluding hydrogens is 1190 g/mol. The van der Waals surface area contributed by atoms with Crippen molar-refractivity contribution >= 4 is 43.6 Å². The number of hydrogen-bond acceptors (Lipinski definition) is 6. The Morgan fingerprint density at radius 3 is 0.878 bits per heavy atom. The molecule has 0 aliphatic heterocycles. The average Bonchev–Trinajstić information content (AvgIpc) is 1.57. The van der Waals surface area contributed by atoms with Gasteiger partial charge in [-0.1, -0.05) is 243 Å². The largest absolute Gasteiger partial charge is 0.309 e. The van der Waals surface area contributed by atoms with Gasteiger partial charge in [0.15, 0.2) is 17.5 Å². The Bertz CT molecular complexity index is 5610. The van der Waals surface area contributed by atoms with Crippen molar-refractivity contribution in [3.8, 4) is 142 Å². The van der Waals surface area contributed by atoms with Crippen molar-refractivity contribution in [1.82, 2.24) is 24.1 Å². The van der Waals surface area contributed by atoms with E-state index in [1.165, 1.54) is 0 Å². The Kier molecular flexibility index (Phi) is 14.5. The van der Waals surface area contributed by atoms with Gasteiger partial charge in [0.2, 0.25) is 0 Å². The molecule has 8 nitrogen and oxygen atoms in total. The zero-order valence-electron chi connectivity index (χ0n) is 52.8. The SMILES string of the molecule is N#Cc1cccc(-c2ccc(-c3nc(-c4ccc(-c5ccccc5C#N)c(-n5c6ccc(-c7ccccc7)cc6c6cc(-c7ccccc7)ccc65)c4)nc(-c4ccc(-c5ccccc5C#N)c(-n5c6ccc(-c7ccccc7)cc6c6cc(-c7ccccc7)ccc65)c4)n3)cc2)c1. The van der Waals surface area contributed by atoms with Crippen molar-refractivity contribution in [2.24, 2.45) is 0 Å². The molecule has 0 atom stereocenters. The summed E-state index contributed by atoms with van der Waals surface area (Å²) in [5.41, 5.74) is 23.4. The zero-order chi connectivity index (χ0) is 65.6. The Balaban J connectivity index is 0.916. The van der Waals surface area contributed by atoms with E-state index >= 15 is 0 Å². The molecule has 454 valence electrons. The van der Waals surface area contributed by atoms with Gasteiger partial charge in [-0.25, -0.2) is 15.0 Å². The van der Waals surface area contributed by atoms with Crippen molar-refractivity contribution in [1.29, 1.82) is 15.8 Å². The minimum Gasteiger partial charge on any atom is -0.309 e. The molecule has 14 aromatic carbocycles. The van der Waals surface area contributed by atoms with Crippen molar-refractivity contribution in [3.63, 3.8) is 0 Å². The second-order valence-electron chi connectivity index (χ2n) is 24.4. The molecule has 3 heterocycles. The van der Waals surface area contributed by atoms with Crippen LogP contribution in [0.15, 0.2) is 328 Å². The highest BCUT2D eigenvalue weighted by atomic mass is 15.0. The van der Waals surface area contributed by atoms with E-state index in [0.29, 0.717) is 34.2 Å². The highest BCUT2D eigenvalue weighted by Gasteiger charge is 2.25. The Labute approximate surface area is 566 Å². The number of nitriles is 3. The van der Waals surface area contributed by atoms with E-state index in [4.69, 9.17) is 15.0 Å². The Hall–Kier alpha value is -13.8. The molecular formula is C90H54N8. The Morgan fingerprint density at radius 1 is 0.214 bits per heavy atom. The van der Waals surface area contributed by atoms with Crippen LogP contribution in [0, 0.1) is 34.0 Å². The molecule has 0 unspecified atom stereocenters. The first-order valence-corrected chi connectivity index (χ1v) is 32.5. The molecule has 0 amide bonds. The highest BCUT2D eigenvalue weighted by molar-refractivity contribution is 6.14. The number of fused-ring (bicyclic) bond motifs is 6. The van der Waals surface area contributed by atoms with Gasteiger partial charge in [-0.05, 0) is 141 Å². The Morgan fingerprint density at radius 2 is 0.510 bits per heavy atom. The molecule has 8 heteroatoms. The number of hydrogen-bond donors (Lipinski definition) is 0. The van der Waals surface area contributed by atoms with Crippen LogP contribution in [0.2, 0.25) is 0 Å². The van der Waals surface area contributed by atoms with Crippen LogP contribution in [0.4, 0.5) is 0 Å². The van der Waals surface area contributed by atoms with Crippen LogP contribution in [0.1, 0.15) is 16.7 Å². The fourth-order valence-electron chi connectivity index (χ4n) is 13.9. The standard InChI is InChI=1S/C90H54N8/c91-55-58-18-17-29-65(48-58)63-32-34-64(35-33-63)88-94-89(70-36-42-76(74-30-15-13-27-72(74)56-92)86(53-70)97-82-44-38-66(59-19-5-1-6-20-59)49-78(82)79-50-67(39-45-83(79)97)60-21-7-2-8-22-60)96-90(95-88)71-37-43-77(75-31-16-14-28-73(75)57-93)87(54-71)98-84-46-40-68(61-23-9-3-10-24-61)51-80(84)81-52-69(41-47-85(81)98)62-25-11-4-12-26-62/h1-54H. The van der Waals surface area contributed by atoms with E-state index in [1.54, 1.807) is 0 Å². The maximum atomic E-state index is 10.8. The molecule has 0 fully saturated rings. The van der Waals surface area contributed by atoms with Gasteiger partial charge in [0.1, 0.15) is 0 Å². The third-order valence-corrected chi connectivity index (χ3v) is 18.7. The normalized spacial score (nSPS) is 11.2. The maximum absolute atomic E-state index is 10.8. The van der Waals surface area contributed by atoms with Gasteiger partial charge < -0.3 is 9.13 Å². The summed E-state index contributed by atoms with van der Waals surface area (Å²) in [6.45, 7) is 0. The van der Waals surface area contributed by atoms with Gasteiger partial charge in [0.25, 0.3) is 0 Å². The van der Waals surface area contributed by atoms with Crippen molar-refractivity contribution in [2.75, 3.05) is 0 Å². The van der Waals surface area contributed by atoms with E-state index < -0.39 is 0 Å². The first-order chi connectivity index (χ1) is 48.4. The van der Waals surface area contributed by atoms with E-state index in [9.17, 15) is 15.8 Å². The lowest BCUT2D eigenvalue weighted by Gasteiger charge is -2.18. The summed E-state index contributed by atoms with van der Waals surface area (Å²) in [7, 11) is 0. The predicted molar refractivity (Wildman–Crippen MR) is 397 cm³/mol. The summed E-state index contributed by atoms with van der Waals surface area (Å²) >= 11 is 0. The van der Waals surface area contributed by atoms with E-state index in [0.717, 1.165) is 150 Å². The molecule has 0 spiro atoms. The van der Waals surface area contributed by atoms with Crippen molar-refractivity contribution in [3.05, 3.63) is 344 Å². The molecule has 0 aliphatic rings. The van der Waals surface area contributed by atoms with Crippen LogP contribution >= 0.6 is 0 Å². The molecule has 0 radical (unpaired) electrons. The van der Waals surface area contributed by atoms with Crippen molar-refractivity contribution in [2.45, 2.75) is 0 Å². The third kappa shape index (κ3) is 10.4. The lowest BCUT2D eigenvalue weighted by molar-refractivity contribution is 1.07. The van der Waals surface area contributed by atoms with Gasteiger partial charge in [-0.15, -0.1) is 0 Å². The fraction of sp³-hybridized carbons (Fsp3) is 0. The second kappa shape index (κ2) is 24.6. The van der Waals surface area contributed by atoms with Gasteiger partial charge >= 0.3 is 0 Å². The number of benzene rings is 14. The molecule has 3 aromatic heterocycles. The van der Waals surface area contributed by atoms with Crippen LogP contribution in [0.5, 0.6) is 0 Å². The first-order valence-electron chi connectivity index (χ1n) is 32.5. The summed E-state index contributed by atoms with van der Waals surface area (Å²) in [5, 5.41) is 35.8. The topological polar surface area (TPSA) is 120 Å². The second-order valence-corrected chi connectivity index (χ2v) is 24.4. The summed E-state index contributed by atoms with van der Waals surface area (Å²) in [4.78, 5) is 16.4. The minimum atomic E-state index is 0.426. The lowest BCUT2D eigenvalue weighted by Crippen LogP contribution is -2.04. The molecule has 98 heavy (non-hydrogen) atoms. The maximum Gasteiger partial charge on any atom is 0.164 e. The molecule has 0 bridgehead atoms. The first kappa shape index (κ1) is 58.0. The van der Waals surface area contributed by atoms with Crippen LogP contribution in [0.25, 0.3) is 167 Å². The molecule has 17 rings (SSSR count). The molecule has 0 saturated heterocycles. The van der Waals surface area contributed by atoms with E-state index in [1.807, 2.05) is 121 Å². The van der Waals surface area contributed by atoms with Gasteiger partial charge in [-0.2, -0.15) is 15.8 Å². The van der Waals surface area contributed by atoms with Gasteiger partial charge in [0.05, 0.1) is 68.3 Å². The predicted octanol–water partition coefficient (Wildman–Crippen LogP) is 22.4. The van der Waals surface area contributed by atoms with Gasteiger partial charge in [-0.3, -0.25) is 0 Å². The van der Waals surface area contributed by atoms with Crippen LogP contribution in [-0.4, -0.2) is 24.1 Å². The molecule has 17 aromatic rings. The zero-order valence-corrected chi connectivity index (χ0v) is 52.8. The summed E-state index contributed by atoms with van der Waals surface area (Å²) < 4.78 is 4.65. The minimum absolute atomic E-state index is 0.426. The quantitative estimate of drug-likeness (QED) is 0.120. The van der Waals surface area contributed by atoms with Gasteiger partial charge in [0, 0.05) is 60.5 Å². The fourth-order valence-corrected chi connectivity index (χ4v) is 13.9.